The third-order valence-electron chi connectivity index (χ3n) is 0. The van der Waals surface area contributed by atoms with Gasteiger partial charge in [-0.05, 0) is 36.9 Å². The van der Waals surface area contributed by atoms with E-state index in [1.54, 1.807) is 0 Å². The first-order valence-electron chi connectivity index (χ1n) is 3.67. The Hall–Kier alpha value is 0.0574. The summed E-state index contributed by atoms with van der Waals surface area (Å²) in [5, 5.41) is 100. The van der Waals surface area contributed by atoms with Crippen LogP contribution in [0.5, 0.6) is 0 Å². The van der Waals surface area contributed by atoms with Crippen LogP contribution in [0.1, 0.15) is 0 Å². The molecule has 0 aromatic rings. The molecule has 0 aliphatic heterocycles. The molecule has 22 nitrogen and oxygen atoms in total. The topological polar surface area (TPSA) is 505 Å². The summed E-state index contributed by atoms with van der Waals surface area (Å²) in [4.78, 5) is 50.0. The fourth-order valence-electron chi connectivity index (χ4n) is 0. The molecule has 28 heteroatoms. The summed E-state index contributed by atoms with van der Waals surface area (Å²) in [7, 11) is 0. The largest absolute Gasteiger partial charge is 2.00 e. The van der Waals surface area contributed by atoms with Gasteiger partial charge < -0.3 is 112 Å². The van der Waals surface area contributed by atoms with E-state index in [2.05, 4.69) is 0 Å². The van der Waals surface area contributed by atoms with Crippen LogP contribution in [0.15, 0.2) is 0 Å². The van der Waals surface area contributed by atoms with Crippen LogP contribution >= 0.6 is 0 Å². The minimum Gasteiger partial charge on any atom is -0.652 e. The summed E-state index contributed by atoms with van der Waals surface area (Å²) >= 11 is 0. The predicted octanol–water partition coefficient (Wildman–Crippen LogP) is -20.3. The molecular formula is C6H8Mg6O22. The molecule has 0 aliphatic rings. The summed E-state index contributed by atoms with van der Waals surface area (Å²) in [5.41, 5.74) is 0. The SMILES string of the molecule is O.O.O.O.O=C([O-])[O-].O=C([O-])[O-].O=C([O-])[O-].O=C([O-])[O-].O=C([O-])[O-].O=C([O-])[O-].[Mg+2].[Mg+2].[Mg+2].[Mg+2].[Mg+2].[Mg+2]. The van der Waals surface area contributed by atoms with E-state index in [9.17, 15) is 0 Å². The van der Waals surface area contributed by atoms with Gasteiger partial charge in [0, 0.05) is 0 Å². The quantitative estimate of drug-likeness (QED) is 0.241. The minimum atomic E-state index is -2.33. The molecule has 0 saturated carbocycles. The Morgan fingerprint density at radius 3 is 0.235 bits per heavy atom. The monoisotopic (exact) mass is 576 g/mol. The van der Waals surface area contributed by atoms with Crippen LogP contribution in [0.4, 0.5) is 28.8 Å². The van der Waals surface area contributed by atoms with Crippen LogP contribution < -0.4 is 61.3 Å². The molecule has 0 heterocycles. The third-order valence-corrected chi connectivity index (χ3v) is 0. The number of hydrogen-bond acceptors (Lipinski definition) is 18. The van der Waals surface area contributed by atoms with Crippen LogP contribution in [0.2, 0.25) is 0 Å². The van der Waals surface area contributed by atoms with E-state index in [0.717, 1.165) is 0 Å². The second-order valence-electron chi connectivity index (χ2n) is 1.50. The van der Waals surface area contributed by atoms with Crippen molar-refractivity contribution < 1.29 is 112 Å². The van der Waals surface area contributed by atoms with Crippen molar-refractivity contribution in [3.8, 4) is 0 Å². The first-order chi connectivity index (χ1) is 10.4. The van der Waals surface area contributed by atoms with Gasteiger partial charge in [-0.3, -0.25) is 0 Å². The molecule has 0 aromatic carbocycles. The minimum absolute atomic E-state index is 0. The summed E-state index contributed by atoms with van der Waals surface area (Å²) in [6, 6.07) is 0. The van der Waals surface area contributed by atoms with E-state index in [4.69, 9.17) is 90.0 Å². The molecule has 8 N–H and O–H groups in total. The Balaban J connectivity index is -0.00000000771. The van der Waals surface area contributed by atoms with Crippen LogP contribution in [0, 0.1) is 0 Å². The molecule has 176 valence electrons. The molecule has 0 fully saturated rings. The van der Waals surface area contributed by atoms with Gasteiger partial charge in [0.2, 0.25) is 0 Å². The molecule has 0 atom stereocenters. The number of rotatable bonds is 0. The van der Waals surface area contributed by atoms with Crippen LogP contribution in [-0.4, -0.2) is 197 Å². The fourth-order valence-corrected chi connectivity index (χ4v) is 0. The predicted molar refractivity (Wildman–Crippen MR) is 81.4 cm³/mol. The molecule has 0 unspecified atom stereocenters. The van der Waals surface area contributed by atoms with E-state index in [-0.39, 0.29) is 160 Å². The van der Waals surface area contributed by atoms with Crippen molar-refractivity contribution in [3.05, 3.63) is 0 Å². The zero-order chi connectivity index (χ0) is 21.5. The maximum atomic E-state index is 8.33. The molecule has 0 saturated heterocycles. The van der Waals surface area contributed by atoms with Crippen LogP contribution in [0.25, 0.3) is 0 Å². The fraction of sp³-hybridized carbons (Fsp3) is 0. The standard InChI is InChI=1S/6CH2O3.6Mg.4H2O/c6*2-1(3)4;;;;;;;;;;/h6*(H2,2,3,4);;;;;;;4*1H2/q;;;;;;6*+2;;;;/p-12. The van der Waals surface area contributed by atoms with E-state index >= 15 is 0 Å². The van der Waals surface area contributed by atoms with Crippen molar-refractivity contribution in [3.63, 3.8) is 0 Å². The molecule has 0 bridgehead atoms. The molecule has 0 rings (SSSR count). The molecule has 0 spiro atoms. The van der Waals surface area contributed by atoms with Crippen molar-refractivity contribution in [1.29, 1.82) is 0 Å². The zero-order valence-electron chi connectivity index (χ0n) is 16.6. The Morgan fingerprint density at radius 1 is 0.235 bits per heavy atom. The summed E-state index contributed by atoms with van der Waals surface area (Å²) in [6.45, 7) is 0. The van der Waals surface area contributed by atoms with Gasteiger partial charge in [-0.1, -0.05) is 0 Å². The van der Waals surface area contributed by atoms with Crippen molar-refractivity contribution in [2.24, 2.45) is 0 Å². The first kappa shape index (κ1) is 114. The van der Waals surface area contributed by atoms with E-state index in [1.165, 1.54) is 0 Å². The third kappa shape index (κ3) is 9380000. The second-order valence-corrected chi connectivity index (χ2v) is 1.50. The van der Waals surface area contributed by atoms with E-state index in [1.807, 2.05) is 0 Å². The van der Waals surface area contributed by atoms with Crippen molar-refractivity contribution >= 4 is 175 Å². The first-order valence-corrected chi connectivity index (χ1v) is 3.67. The number of carbonyl (C=O) groups excluding carboxylic acids is 6. The summed E-state index contributed by atoms with van der Waals surface area (Å²) in [5.74, 6) is 0. The molecule has 34 heavy (non-hydrogen) atoms. The second kappa shape index (κ2) is 104. The van der Waals surface area contributed by atoms with Gasteiger partial charge in [-0.15, -0.1) is 0 Å². The van der Waals surface area contributed by atoms with Gasteiger partial charge in [0.15, 0.2) is 0 Å². The maximum Gasteiger partial charge on any atom is 2.00 e. The summed E-state index contributed by atoms with van der Waals surface area (Å²) in [6.07, 6.45) is -14.0. The van der Waals surface area contributed by atoms with Crippen molar-refractivity contribution in [1.82, 2.24) is 0 Å². The van der Waals surface area contributed by atoms with E-state index < -0.39 is 36.9 Å². The molecular weight excluding hydrogens is 570 g/mol. The van der Waals surface area contributed by atoms with Gasteiger partial charge in [-0.25, -0.2) is 0 Å². The number of hydrogen-bond donors (Lipinski definition) is 0. The molecule has 0 aromatic heterocycles. The van der Waals surface area contributed by atoms with Crippen molar-refractivity contribution in [2.45, 2.75) is 0 Å². The molecule has 0 amide bonds. The molecule has 0 aliphatic carbocycles. The average Bonchev–Trinajstić information content (AvgIpc) is 2.08. The Morgan fingerprint density at radius 2 is 0.235 bits per heavy atom. The van der Waals surface area contributed by atoms with Crippen LogP contribution in [-0.2, 0) is 0 Å². The normalized spacial score (nSPS) is 4.24. The Labute approximate surface area is 284 Å². The van der Waals surface area contributed by atoms with Gasteiger partial charge in [-0.2, -0.15) is 0 Å². The van der Waals surface area contributed by atoms with Crippen LogP contribution in [0.3, 0.4) is 0 Å². The smallest absolute Gasteiger partial charge is 0.652 e. The number of carboxylic acid groups (broad SMARTS) is 12. The maximum absolute atomic E-state index is 8.33. The Bertz CT molecular complexity index is 275. The Kier molecular flexibility index (Phi) is 350. The summed E-state index contributed by atoms with van der Waals surface area (Å²) < 4.78 is 0. The van der Waals surface area contributed by atoms with Crippen molar-refractivity contribution in [2.75, 3.05) is 0 Å². The average molecular weight is 578 g/mol. The van der Waals surface area contributed by atoms with Gasteiger partial charge >= 0.3 is 138 Å². The molecule has 0 radical (unpaired) electrons. The number of carbonyl (C=O) groups is 6. The van der Waals surface area contributed by atoms with Gasteiger partial charge in [0.25, 0.3) is 0 Å². The van der Waals surface area contributed by atoms with Gasteiger partial charge in [0.1, 0.15) is 0 Å². The van der Waals surface area contributed by atoms with Gasteiger partial charge in [0.05, 0.1) is 0 Å². The zero-order valence-corrected chi connectivity index (χ0v) is 25.1. The van der Waals surface area contributed by atoms with E-state index in [0.29, 0.717) is 0 Å².